The Hall–Kier alpha value is -3.38. The molecule has 0 aliphatic carbocycles. The minimum Gasteiger partial charge on any atom is -0.497 e. The van der Waals surface area contributed by atoms with Crippen molar-refractivity contribution in [3.63, 3.8) is 0 Å². The lowest BCUT2D eigenvalue weighted by Crippen LogP contribution is -2.35. The van der Waals surface area contributed by atoms with E-state index in [1.807, 2.05) is 23.1 Å². The number of amides is 1. The van der Waals surface area contributed by atoms with Crippen LogP contribution in [0.25, 0.3) is 0 Å². The Morgan fingerprint density at radius 2 is 1.58 bits per heavy atom. The first-order chi connectivity index (χ1) is 17.3. The molecular formula is C30H35FN2O3. The first kappa shape index (κ1) is 25.7. The average molecular weight is 491 g/mol. The highest BCUT2D eigenvalue weighted by Gasteiger charge is 2.35. The summed E-state index contributed by atoms with van der Waals surface area (Å²) in [6.45, 7) is 7.35. The Bertz CT molecular complexity index is 1140. The lowest BCUT2D eigenvalue weighted by molar-refractivity contribution is -0.130. The number of carbonyl (C=O) groups is 1. The Kier molecular flexibility index (Phi) is 8.26. The molecule has 6 heteroatoms. The van der Waals surface area contributed by atoms with E-state index in [4.69, 9.17) is 9.47 Å². The molecule has 1 fully saturated rings. The summed E-state index contributed by atoms with van der Waals surface area (Å²) in [7, 11) is 3.32. The van der Waals surface area contributed by atoms with Crippen molar-refractivity contribution in [1.29, 1.82) is 0 Å². The van der Waals surface area contributed by atoms with Crippen LogP contribution in [0.1, 0.15) is 35.1 Å². The van der Waals surface area contributed by atoms with Crippen LogP contribution < -0.4 is 9.47 Å². The highest BCUT2D eigenvalue weighted by Crippen LogP contribution is 2.35. The molecule has 3 aromatic rings. The van der Waals surface area contributed by atoms with E-state index in [1.165, 1.54) is 23.3 Å². The number of likely N-dealkylation sites (tertiary alicyclic amines) is 1. The summed E-state index contributed by atoms with van der Waals surface area (Å²) in [6.07, 6.45) is 0. The monoisotopic (exact) mass is 490 g/mol. The molecule has 5 nitrogen and oxygen atoms in total. The summed E-state index contributed by atoms with van der Waals surface area (Å²) < 4.78 is 24.3. The highest BCUT2D eigenvalue weighted by atomic mass is 19.1. The molecule has 1 saturated heterocycles. The van der Waals surface area contributed by atoms with Gasteiger partial charge < -0.3 is 14.4 Å². The summed E-state index contributed by atoms with van der Waals surface area (Å²) >= 11 is 0. The molecule has 0 N–H and O–H groups in total. The molecule has 1 aliphatic heterocycles. The first-order valence-electron chi connectivity index (χ1n) is 12.4. The number of halogens is 1. The van der Waals surface area contributed by atoms with Gasteiger partial charge in [0.25, 0.3) is 0 Å². The van der Waals surface area contributed by atoms with E-state index in [-0.39, 0.29) is 17.6 Å². The molecular weight excluding hydrogens is 455 g/mol. The van der Waals surface area contributed by atoms with Gasteiger partial charge in [-0.25, -0.2) is 4.39 Å². The van der Waals surface area contributed by atoms with E-state index in [2.05, 4.69) is 36.1 Å². The zero-order valence-corrected chi connectivity index (χ0v) is 21.5. The van der Waals surface area contributed by atoms with Gasteiger partial charge in [0.1, 0.15) is 17.3 Å². The number of benzene rings is 3. The predicted molar refractivity (Wildman–Crippen MR) is 140 cm³/mol. The molecule has 0 unspecified atom stereocenters. The largest absolute Gasteiger partial charge is 0.497 e. The van der Waals surface area contributed by atoms with Crippen LogP contribution >= 0.6 is 0 Å². The van der Waals surface area contributed by atoms with Crippen molar-refractivity contribution in [3.8, 4) is 11.5 Å². The van der Waals surface area contributed by atoms with Crippen LogP contribution in [0, 0.1) is 18.7 Å². The van der Waals surface area contributed by atoms with Gasteiger partial charge in [0.05, 0.1) is 14.2 Å². The van der Waals surface area contributed by atoms with Gasteiger partial charge in [0.15, 0.2) is 0 Å². The van der Waals surface area contributed by atoms with Crippen LogP contribution in [0.3, 0.4) is 0 Å². The predicted octanol–water partition coefficient (Wildman–Crippen LogP) is 5.42. The second kappa shape index (κ2) is 11.6. The number of rotatable bonds is 9. The third kappa shape index (κ3) is 6.43. The van der Waals surface area contributed by atoms with Crippen LogP contribution in [-0.2, 0) is 17.9 Å². The Morgan fingerprint density at radius 3 is 2.17 bits per heavy atom. The normalized spacial score (nSPS) is 17.7. The van der Waals surface area contributed by atoms with Crippen LogP contribution in [0.15, 0.2) is 66.7 Å². The molecule has 36 heavy (non-hydrogen) atoms. The molecule has 0 radical (unpaired) electrons. The van der Waals surface area contributed by atoms with Crippen molar-refractivity contribution < 1.29 is 18.7 Å². The minimum absolute atomic E-state index is 0.0259. The zero-order valence-electron chi connectivity index (χ0n) is 21.5. The number of methoxy groups -OCH3 is 2. The number of nitrogens with zero attached hydrogens (tertiary/aromatic N) is 2. The van der Waals surface area contributed by atoms with Gasteiger partial charge >= 0.3 is 0 Å². The van der Waals surface area contributed by atoms with Crippen molar-refractivity contribution >= 4 is 5.91 Å². The summed E-state index contributed by atoms with van der Waals surface area (Å²) in [4.78, 5) is 16.9. The molecule has 0 saturated carbocycles. The van der Waals surface area contributed by atoms with Crippen LogP contribution in [-0.4, -0.2) is 49.6 Å². The second-order valence-corrected chi connectivity index (χ2v) is 9.72. The number of ether oxygens (including phenoxy) is 2. The molecule has 0 aromatic heterocycles. The molecule has 0 bridgehead atoms. The second-order valence-electron chi connectivity index (χ2n) is 9.72. The Balaban J connectivity index is 1.56. The summed E-state index contributed by atoms with van der Waals surface area (Å²) in [6, 6.07) is 21.1. The maximum Gasteiger partial charge on any atom is 0.219 e. The lowest BCUT2D eigenvalue weighted by atomic mass is 9.88. The first-order valence-corrected chi connectivity index (χ1v) is 12.4. The molecule has 4 rings (SSSR count). The van der Waals surface area contributed by atoms with E-state index >= 15 is 0 Å². The van der Waals surface area contributed by atoms with Gasteiger partial charge in [-0.2, -0.15) is 0 Å². The van der Waals surface area contributed by atoms with Gasteiger partial charge in [-0.3, -0.25) is 9.69 Å². The number of hydrogen-bond donors (Lipinski definition) is 0. The summed E-state index contributed by atoms with van der Waals surface area (Å²) in [5.41, 5.74) is 4.58. The van der Waals surface area contributed by atoms with Crippen LogP contribution in [0.4, 0.5) is 4.39 Å². The van der Waals surface area contributed by atoms with Crippen molar-refractivity contribution in [3.05, 3.63) is 94.8 Å². The molecule has 1 heterocycles. The molecule has 2 atom stereocenters. The number of aryl methyl sites for hydroxylation is 1. The fourth-order valence-electron chi connectivity index (χ4n) is 5.08. The zero-order chi connectivity index (χ0) is 25.7. The Labute approximate surface area is 213 Å². The van der Waals surface area contributed by atoms with Crippen LogP contribution in [0.2, 0.25) is 0 Å². The van der Waals surface area contributed by atoms with Gasteiger partial charge in [-0.05, 0) is 53.8 Å². The highest BCUT2D eigenvalue weighted by molar-refractivity contribution is 5.73. The third-order valence-electron chi connectivity index (χ3n) is 7.03. The van der Waals surface area contributed by atoms with Gasteiger partial charge in [-0.15, -0.1) is 0 Å². The SMILES string of the molecule is COc1cc(CN2C[C@@H](CN(Cc3ccc(F)cc3)C(C)=O)[C@H](c3ccc(C)cc3)C2)cc(OC)c1. The van der Waals surface area contributed by atoms with E-state index in [1.54, 1.807) is 33.3 Å². The summed E-state index contributed by atoms with van der Waals surface area (Å²) in [5.74, 6) is 1.87. The number of hydrogen-bond acceptors (Lipinski definition) is 4. The maximum atomic E-state index is 13.4. The van der Waals surface area contributed by atoms with E-state index in [0.29, 0.717) is 19.0 Å². The Morgan fingerprint density at radius 1 is 0.944 bits per heavy atom. The molecule has 190 valence electrons. The third-order valence-corrected chi connectivity index (χ3v) is 7.03. The topological polar surface area (TPSA) is 42.0 Å². The van der Waals surface area contributed by atoms with Crippen molar-refractivity contribution in [2.24, 2.45) is 5.92 Å². The lowest BCUT2D eigenvalue weighted by Gasteiger charge is -2.28. The quantitative estimate of drug-likeness (QED) is 0.402. The molecule has 1 aliphatic rings. The van der Waals surface area contributed by atoms with Crippen molar-refractivity contribution in [2.45, 2.75) is 32.9 Å². The molecule has 3 aromatic carbocycles. The average Bonchev–Trinajstić information content (AvgIpc) is 3.26. The van der Waals surface area contributed by atoms with Gasteiger partial charge in [0.2, 0.25) is 5.91 Å². The fraction of sp³-hybridized carbons (Fsp3) is 0.367. The number of carbonyl (C=O) groups excluding carboxylic acids is 1. The fourth-order valence-corrected chi connectivity index (χ4v) is 5.08. The van der Waals surface area contributed by atoms with E-state index < -0.39 is 0 Å². The molecule has 0 spiro atoms. The standard InChI is InChI=1S/C30H35FN2O3/c1-21-5-9-25(10-6-21)30-20-32(16-24-13-28(35-3)15-29(14-24)36-4)18-26(30)19-33(22(2)34)17-23-7-11-27(31)12-8-23/h5-15,26,30H,16-20H2,1-4H3/t26-,30-/m0/s1. The van der Waals surface area contributed by atoms with Crippen molar-refractivity contribution in [1.82, 2.24) is 9.80 Å². The van der Waals surface area contributed by atoms with Crippen LogP contribution in [0.5, 0.6) is 11.5 Å². The smallest absolute Gasteiger partial charge is 0.219 e. The van der Waals surface area contributed by atoms with E-state index in [0.717, 1.165) is 42.3 Å². The van der Waals surface area contributed by atoms with Gasteiger partial charge in [0, 0.05) is 51.6 Å². The maximum absolute atomic E-state index is 13.4. The van der Waals surface area contributed by atoms with Gasteiger partial charge in [-0.1, -0.05) is 42.0 Å². The summed E-state index contributed by atoms with van der Waals surface area (Å²) in [5, 5.41) is 0. The van der Waals surface area contributed by atoms with Crippen molar-refractivity contribution in [2.75, 3.05) is 33.9 Å². The molecule has 1 amide bonds. The van der Waals surface area contributed by atoms with E-state index in [9.17, 15) is 9.18 Å². The minimum atomic E-state index is -0.270.